The van der Waals surface area contributed by atoms with Crippen molar-refractivity contribution in [2.24, 2.45) is 0 Å². The van der Waals surface area contributed by atoms with Crippen molar-refractivity contribution >= 4 is 49.5 Å². The van der Waals surface area contributed by atoms with Gasteiger partial charge < -0.3 is 0 Å². The molecule has 0 unspecified atom stereocenters. The number of allylic oxidation sites excluding steroid dienone is 1. The summed E-state index contributed by atoms with van der Waals surface area (Å²) < 4.78 is 13.7. The Morgan fingerprint density at radius 3 is 2.74 bits per heavy atom. The minimum Gasteiger partial charge on any atom is -0.207 e. The highest BCUT2D eigenvalue weighted by molar-refractivity contribution is 9.10. The summed E-state index contributed by atoms with van der Waals surface area (Å²) >= 11 is 6.42. The lowest BCUT2D eigenvalue weighted by molar-refractivity contribution is 0.627. The Labute approximate surface area is 127 Å². The molecule has 0 N–H and O–H groups in total. The molecule has 0 aliphatic rings. The van der Waals surface area contributed by atoms with Gasteiger partial charge in [-0.1, -0.05) is 22.0 Å². The van der Waals surface area contributed by atoms with Gasteiger partial charge in [0.25, 0.3) is 0 Å². The molecule has 0 saturated carbocycles. The van der Waals surface area contributed by atoms with Crippen molar-refractivity contribution in [3.8, 4) is 6.07 Å². The average Bonchev–Trinajstić information content (AvgIpc) is 2.90. The second-order valence-corrected chi connectivity index (χ2v) is 6.24. The van der Waals surface area contributed by atoms with E-state index in [1.54, 1.807) is 17.4 Å². The highest BCUT2D eigenvalue weighted by atomic mass is 79.9. The molecule has 0 spiro atoms. The van der Waals surface area contributed by atoms with Gasteiger partial charge in [-0.3, -0.25) is 0 Å². The van der Waals surface area contributed by atoms with E-state index in [4.69, 9.17) is 0 Å². The zero-order chi connectivity index (χ0) is 13.8. The Hall–Kier alpha value is -1.09. The van der Waals surface area contributed by atoms with E-state index in [1.807, 2.05) is 23.8 Å². The van der Waals surface area contributed by atoms with E-state index in [0.29, 0.717) is 15.6 Å². The number of benzene rings is 1. The molecule has 0 amide bonds. The van der Waals surface area contributed by atoms with Crippen LogP contribution in [0.15, 0.2) is 40.2 Å². The molecule has 2 aromatic rings. The van der Waals surface area contributed by atoms with E-state index in [-0.39, 0.29) is 5.82 Å². The van der Waals surface area contributed by atoms with Crippen molar-refractivity contribution in [2.45, 2.75) is 0 Å². The first kappa shape index (κ1) is 14.3. The van der Waals surface area contributed by atoms with Gasteiger partial charge >= 0.3 is 0 Å². The summed E-state index contributed by atoms with van der Waals surface area (Å²) in [7, 11) is 0. The molecular weight excluding hydrogens is 345 g/mol. The minimum atomic E-state index is -0.324. The van der Waals surface area contributed by atoms with E-state index >= 15 is 0 Å². The van der Waals surface area contributed by atoms with Crippen LogP contribution in [0.4, 0.5) is 4.39 Å². The van der Waals surface area contributed by atoms with E-state index in [9.17, 15) is 9.65 Å². The maximum absolute atomic E-state index is 13.1. The highest BCUT2D eigenvalue weighted by Crippen LogP contribution is 2.38. The number of thioether (sulfide) groups is 1. The second kappa shape index (κ2) is 6.38. The lowest BCUT2D eigenvalue weighted by atomic mass is 10.1. The van der Waals surface area contributed by atoms with Gasteiger partial charge in [-0.25, -0.2) is 4.39 Å². The van der Waals surface area contributed by atoms with Crippen LogP contribution in [-0.2, 0) is 0 Å². The largest absolute Gasteiger partial charge is 0.207 e. The molecule has 1 heterocycles. The topological polar surface area (TPSA) is 23.8 Å². The molecule has 2 rings (SSSR count). The van der Waals surface area contributed by atoms with E-state index in [0.717, 1.165) is 9.78 Å². The third-order valence-corrected chi connectivity index (χ3v) is 4.99. The summed E-state index contributed by atoms with van der Waals surface area (Å²) in [5.74, 6) is -0.324. The van der Waals surface area contributed by atoms with Crippen molar-refractivity contribution in [1.29, 1.82) is 5.26 Å². The molecule has 1 nitrogen and oxygen atoms in total. The predicted molar refractivity (Wildman–Crippen MR) is 84.4 cm³/mol. The van der Waals surface area contributed by atoms with E-state index in [2.05, 4.69) is 22.0 Å². The van der Waals surface area contributed by atoms with Crippen LogP contribution in [0, 0.1) is 17.1 Å². The fraction of sp³-hybridized carbons (Fsp3) is 0.0714. The first-order valence-corrected chi connectivity index (χ1v) is 8.24. The van der Waals surface area contributed by atoms with Crippen molar-refractivity contribution in [1.82, 2.24) is 0 Å². The van der Waals surface area contributed by atoms with Gasteiger partial charge in [-0.2, -0.15) is 5.26 Å². The van der Waals surface area contributed by atoms with Crippen LogP contribution < -0.4 is 0 Å². The van der Waals surface area contributed by atoms with Crippen LogP contribution in [0.1, 0.15) is 10.4 Å². The average molecular weight is 354 g/mol. The van der Waals surface area contributed by atoms with Crippen molar-refractivity contribution in [3.63, 3.8) is 0 Å². The Morgan fingerprint density at radius 1 is 1.42 bits per heavy atom. The summed E-state index contributed by atoms with van der Waals surface area (Å²) in [5.41, 5.74) is 1.27. The molecule has 0 aliphatic heterocycles. The van der Waals surface area contributed by atoms with Crippen LogP contribution in [0.2, 0.25) is 0 Å². The molecule has 1 aromatic heterocycles. The molecular formula is C14H9BrFNS2. The molecule has 0 radical (unpaired) electrons. The van der Waals surface area contributed by atoms with Crippen molar-refractivity contribution in [3.05, 3.63) is 56.4 Å². The quantitative estimate of drug-likeness (QED) is 0.689. The number of nitrogens with zero attached hydrogens (tertiary/aromatic N) is 1. The normalized spacial score (nSPS) is 11.9. The molecule has 19 heavy (non-hydrogen) atoms. The van der Waals surface area contributed by atoms with Gasteiger partial charge in [-0.05, 0) is 35.9 Å². The molecule has 0 atom stereocenters. The summed E-state index contributed by atoms with van der Waals surface area (Å²) in [6.07, 6.45) is 1.93. The lowest BCUT2D eigenvalue weighted by Gasteiger charge is -2.08. The highest BCUT2D eigenvalue weighted by Gasteiger charge is 2.14. The number of hydrogen-bond acceptors (Lipinski definition) is 3. The minimum absolute atomic E-state index is 0.324. The first-order chi connectivity index (χ1) is 9.17. The van der Waals surface area contributed by atoms with Crippen LogP contribution >= 0.6 is 39.0 Å². The standard InChI is InChI=1S/C14H9BrFNS2/c1-18-14(13-3-2-6-19-13)11(8-17)10-5-4-9(16)7-12(10)15/h2-7H,1H3/b14-11-. The Bertz CT molecular complexity index is 657. The molecule has 0 aliphatic carbocycles. The van der Waals surface area contributed by atoms with Gasteiger partial charge in [0.1, 0.15) is 11.9 Å². The van der Waals surface area contributed by atoms with Gasteiger partial charge in [0.05, 0.1) is 5.57 Å². The van der Waals surface area contributed by atoms with E-state index < -0.39 is 0 Å². The number of halogens is 2. The zero-order valence-electron chi connectivity index (χ0n) is 9.98. The fourth-order valence-corrected chi connectivity index (χ4v) is 3.90. The van der Waals surface area contributed by atoms with Crippen molar-refractivity contribution in [2.75, 3.05) is 6.26 Å². The Balaban J connectivity index is 2.64. The zero-order valence-corrected chi connectivity index (χ0v) is 13.2. The smallest absolute Gasteiger partial charge is 0.124 e. The summed E-state index contributed by atoms with van der Waals surface area (Å²) in [6.45, 7) is 0. The van der Waals surface area contributed by atoms with Gasteiger partial charge in [0.15, 0.2) is 0 Å². The third kappa shape index (κ3) is 3.08. The predicted octanol–water partition coefficient (Wildman–Crippen LogP) is 5.40. The Morgan fingerprint density at radius 2 is 2.21 bits per heavy atom. The molecule has 0 fully saturated rings. The molecule has 1 aromatic carbocycles. The number of nitriles is 1. The van der Waals surface area contributed by atoms with Gasteiger partial charge in [-0.15, -0.1) is 23.1 Å². The maximum atomic E-state index is 13.1. The second-order valence-electron chi connectivity index (χ2n) is 3.62. The summed E-state index contributed by atoms with van der Waals surface area (Å²) in [4.78, 5) is 1.95. The van der Waals surface area contributed by atoms with Crippen LogP contribution in [-0.4, -0.2) is 6.26 Å². The number of rotatable bonds is 3. The fourth-order valence-electron chi connectivity index (χ4n) is 1.66. The maximum Gasteiger partial charge on any atom is 0.124 e. The van der Waals surface area contributed by atoms with Gasteiger partial charge in [0.2, 0.25) is 0 Å². The third-order valence-electron chi connectivity index (χ3n) is 2.49. The molecule has 96 valence electrons. The lowest BCUT2D eigenvalue weighted by Crippen LogP contribution is -1.89. The van der Waals surface area contributed by atoms with Crippen LogP contribution in [0.3, 0.4) is 0 Å². The number of thiophene rings is 1. The van der Waals surface area contributed by atoms with Gasteiger partial charge in [0, 0.05) is 19.8 Å². The number of hydrogen-bond donors (Lipinski definition) is 0. The van der Waals surface area contributed by atoms with E-state index in [1.165, 1.54) is 23.9 Å². The Kier molecular flexibility index (Phi) is 4.81. The van der Waals surface area contributed by atoms with Crippen molar-refractivity contribution < 1.29 is 4.39 Å². The molecule has 5 heteroatoms. The SMILES string of the molecule is CS/C(=C(/C#N)c1ccc(F)cc1Br)c1cccs1. The van der Waals surface area contributed by atoms with Crippen LogP contribution in [0.25, 0.3) is 10.5 Å². The summed E-state index contributed by atoms with van der Waals surface area (Å²) in [6, 6.07) is 10.5. The first-order valence-electron chi connectivity index (χ1n) is 5.35. The molecule has 0 bridgehead atoms. The summed E-state index contributed by atoms with van der Waals surface area (Å²) in [5, 5.41) is 11.4. The monoisotopic (exact) mass is 353 g/mol. The molecule has 0 saturated heterocycles. The van der Waals surface area contributed by atoms with Crippen LogP contribution in [0.5, 0.6) is 0 Å².